The first kappa shape index (κ1) is 15.4. The molecule has 5 heteroatoms. The molecule has 1 atom stereocenters. The number of carbonyl (C=O) groups excluding carboxylic acids is 2. The van der Waals surface area contributed by atoms with E-state index >= 15 is 0 Å². The molecule has 0 aromatic heterocycles. The summed E-state index contributed by atoms with van der Waals surface area (Å²) in [6, 6.07) is 5.62. The summed E-state index contributed by atoms with van der Waals surface area (Å²) in [6.07, 6.45) is 0.871. The second-order valence-corrected chi connectivity index (χ2v) is 5.59. The summed E-state index contributed by atoms with van der Waals surface area (Å²) in [6.45, 7) is 6.02. The van der Waals surface area contributed by atoms with Crippen molar-refractivity contribution in [2.45, 2.75) is 39.2 Å². The molecule has 0 saturated carbocycles. The van der Waals surface area contributed by atoms with Gasteiger partial charge in [0.2, 0.25) is 5.91 Å². The summed E-state index contributed by atoms with van der Waals surface area (Å²) in [5, 5.41) is 2.84. The molecule has 21 heavy (non-hydrogen) atoms. The zero-order valence-corrected chi connectivity index (χ0v) is 13.0. The van der Waals surface area contributed by atoms with Crippen molar-refractivity contribution in [3.63, 3.8) is 0 Å². The average Bonchev–Trinajstić information content (AvgIpc) is 2.57. The van der Waals surface area contributed by atoms with E-state index in [9.17, 15) is 9.59 Å². The summed E-state index contributed by atoms with van der Waals surface area (Å²) in [5.41, 5.74) is 0.917. The van der Waals surface area contributed by atoms with Crippen LogP contribution in [-0.2, 0) is 9.59 Å². The standard InChI is InChI=1S/C16H22N2O3/c1-5-16(3)15(20)18(9-8-14(19)17-16)12-6-7-13(21-4)11(2)10-12/h6-7,10H,5,8-9H2,1-4H3,(H,17,19). The molecular weight excluding hydrogens is 268 g/mol. The number of nitrogens with zero attached hydrogens (tertiary/aromatic N) is 1. The predicted octanol–water partition coefficient (Wildman–Crippen LogP) is 2.03. The molecular formula is C16H22N2O3. The van der Waals surface area contributed by atoms with Gasteiger partial charge in [-0.2, -0.15) is 0 Å². The van der Waals surface area contributed by atoms with E-state index in [-0.39, 0.29) is 11.8 Å². The molecule has 1 aromatic rings. The van der Waals surface area contributed by atoms with Gasteiger partial charge in [0.25, 0.3) is 5.91 Å². The number of rotatable bonds is 3. The van der Waals surface area contributed by atoms with Crippen LogP contribution in [0.15, 0.2) is 18.2 Å². The first-order valence-electron chi connectivity index (χ1n) is 7.19. The monoisotopic (exact) mass is 290 g/mol. The summed E-state index contributed by atoms with van der Waals surface area (Å²) < 4.78 is 5.25. The molecule has 0 aliphatic carbocycles. The van der Waals surface area contributed by atoms with E-state index < -0.39 is 5.54 Å². The van der Waals surface area contributed by atoms with Crippen molar-refractivity contribution in [2.24, 2.45) is 0 Å². The van der Waals surface area contributed by atoms with Gasteiger partial charge in [-0.15, -0.1) is 0 Å². The van der Waals surface area contributed by atoms with Crippen molar-refractivity contribution >= 4 is 17.5 Å². The lowest BCUT2D eigenvalue weighted by atomic mass is 9.97. The number of nitrogens with one attached hydrogen (secondary N) is 1. The molecule has 1 saturated heterocycles. The molecule has 1 fully saturated rings. The highest BCUT2D eigenvalue weighted by atomic mass is 16.5. The van der Waals surface area contributed by atoms with Crippen molar-refractivity contribution in [3.05, 3.63) is 23.8 Å². The van der Waals surface area contributed by atoms with Crippen molar-refractivity contribution in [1.29, 1.82) is 0 Å². The van der Waals surface area contributed by atoms with Crippen LogP contribution in [0.1, 0.15) is 32.3 Å². The van der Waals surface area contributed by atoms with Crippen molar-refractivity contribution in [3.8, 4) is 5.75 Å². The fourth-order valence-corrected chi connectivity index (χ4v) is 2.55. The van der Waals surface area contributed by atoms with Gasteiger partial charge in [0.1, 0.15) is 11.3 Å². The third kappa shape index (κ3) is 2.86. The zero-order valence-electron chi connectivity index (χ0n) is 13.0. The second kappa shape index (κ2) is 5.76. The molecule has 0 bridgehead atoms. The van der Waals surface area contributed by atoms with Crippen LogP contribution in [0, 0.1) is 6.92 Å². The van der Waals surface area contributed by atoms with Gasteiger partial charge in [0.05, 0.1) is 7.11 Å². The first-order valence-corrected chi connectivity index (χ1v) is 7.19. The molecule has 2 rings (SSSR count). The number of hydrogen-bond donors (Lipinski definition) is 1. The molecule has 1 aromatic carbocycles. The SMILES string of the molecule is CCC1(C)NC(=O)CCN(c2ccc(OC)c(C)c2)C1=O. The maximum Gasteiger partial charge on any atom is 0.252 e. The van der Waals surface area contributed by atoms with Gasteiger partial charge >= 0.3 is 0 Å². The number of ether oxygens (including phenoxy) is 1. The Morgan fingerprint density at radius 3 is 2.67 bits per heavy atom. The normalized spacial score (nSPS) is 22.8. The Morgan fingerprint density at radius 1 is 1.38 bits per heavy atom. The molecule has 5 nitrogen and oxygen atoms in total. The van der Waals surface area contributed by atoms with E-state index in [0.29, 0.717) is 19.4 Å². The van der Waals surface area contributed by atoms with E-state index in [1.807, 2.05) is 32.0 Å². The third-order valence-corrected chi connectivity index (χ3v) is 4.09. The number of hydrogen-bond acceptors (Lipinski definition) is 3. The zero-order chi connectivity index (χ0) is 15.6. The van der Waals surface area contributed by atoms with Crippen molar-refractivity contribution in [2.75, 3.05) is 18.6 Å². The number of benzene rings is 1. The van der Waals surface area contributed by atoms with Crippen LogP contribution in [-0.4, -0.2) is 31.0 Å². The number of anilines is 1. The molecule has 1 unspecified atom stereocenters. The number of carbonyl (C=O) groups is 2. The van der Waals surface area contributed by atoms with Crippen LogP contribution in [0.4, 0.5) is 5.69 Å². The molecule has 114 valence electrons. The number of amides is 2. The van der Waals surface area contributed by atoms with E-state index in [1.54, 1.807) is 18.9 Å². The lowest BCUT2D eigenvalue weighted by Gasteiger charge is -2.31. The predicted molar refractivity (Wildman–Crippen MR) is 81.5 cm³/mol. The van der Waals surface area contributed by atoms with Gasteiger partial charge in [-0.05, 0) is 44.0 Å². The van der Waals surface area contributed by atoms with E-state index in [0.717, 1.165) is 17.0 Å². The lowest BCUT2D eigenvalue weighted by Crippen LogP contribution is -2.54. The Kier molecular flexibility index (Phi) is 4.21. The first-order chi connectivity index (χ1) is 9.91. The molecule has 1 N–H and O–H groups in total. The van der Waals surface area contributed by atoms with Gasteiger partial charge < -0.3 is 15.0 Å². The molecule has 1 heterocycles. The summed E-state index contributed by atoms with van der Waals surface area (Å²) >= 11 is 0. The fourth-order valence-electron chi connectivity index (χ4n) is 2.55. The quantitative estimate of drug-likeness (QED) is 0.926. The molecule has 1 aliphatic rings. The van der Waals surface area contributed by atoms with Crippen molar-refractivity contribution in [1.82, 2.24) is 5.32 Å². The summed E-state index contributed by atoms with van der Waals surface area (Å²) in [7, 11) is 1.62. The molecule has 0 spiro atoms. The maximum absolute atomic E-state index is 12.8. The maximum atomic E-state index is 12.8. The van der Waals surface area contributed by atoms with Gasteiger partial charge in [0, 0.05) is 18.7 Å². The van der Waals surface area contributed by atoms with E-state index in [2.05, 4.69) is 5.32 Å². The van der Waals surface area contributed by atoms with Crippen LogP contribution in [0.2, 0.25) is 0 Å². The Hall–Kier alpha value is -2.04. The number of aryl methyl sites for hydroxylation is 1. The third-order valence-electron chi connectivity index (χ3n) is 4.09. The van der Waals surface area contributed by atoms with Crippen molar-refractivity contribution < 1.29 is 14.3 Å². The Morgan fingerprint density at radius 2 is 2.10 bits per heavy atom. The Balaban J connectivity index is 2.39. The largest absolute Gasteiger partial charge is 0.496 e. The highest BCUT2D eigenvalue weighted by molar-refractivity contribution is 6.04. The van der Waals surface area contributed by atoms with Gasteiger partial charge in [-0.25, -0.2) is 0 Å². The second-order valence-electron chi connectivity index (χ2n) is 5.59. The highest BCUT2D eigenvalue weighted by Gasteiger charge is 2.39. The molecule has 2 amide bonds. The summed E-state index contributed by atoms with van der Waals surface area (Å²) in [4.78, 5) is 26.3. The van der Waals surface area contributed by atoms with Crippen LogP contribution >= 0.6 is 0 Å². The Labute approximate surface area is 125 Å². The molecule has 1 aliphatic heterocycles. The summed E-state index contributed by atoms with van der Waals surface area (Å²) in [5.74, 6) is 0.634. The minimum Gasteiger partial charge on any atom is -0.496 e. The van der Waals surface area contributed by atoms with Crippen LogP contribution < -0.4 is 15.0 Å². The minimum atomic E-state index is -0.846. The van der Waals surface area contributed by atoms with Crippen LogP contribution in [0.3, 0.4) is 0 Å². The molecule has 0 radical (unpaired) electrons. The van der Waals surface area contributed by atoms with Gasteiger partial charge in [-0.1, -0.05) is 6.92 Å². The lowest BCUT2D eigenvalue weighted by molar-refractivity contribution is -0.129. The minimum absolute atomic E-state index is 0.0691. The smallest absolute Gasteiger partial charge is 0.252 e. The van der Waals surface area contributed by atoms with Gasteiger partial charge in [0.15, 0.2) is 0 Å². The van der Waals surface area contributed by atoms with E-state index in [4.69, 9.17) is 4.74 Å². The Bertz CT molecular complexity index is 571. The average molecular weight is 290 g/mol. The van der Waals surface area contributed by atoms with Gasteiger partial charge in [-0.3, -0.25) is 9.59 Å². The topological polar surface area (TPSA) is 58.6 Å². The van der Waals surface area contributed by atoms with E-state index in [1.165, 1.54) is 0 Å². The highest BCUT2D eigenvalue weighted by Crippen LogP contribution is 2.28. The fraction of sp³-hybridized carbons (Fsp3) is 0.500. The number of methoxy groups -OCH3 is 1. The van der Waals surface area contributed by atoms with Crippen LogP contribution in [0.25, 0.3) is 0 Å². The van der Waals surface area contributed by atoms with Crippen LogP contribution in [0.5, 0.6) is 5.75 Å².